The second-order valence-corrected chi connectivity index (χ2v) is 5.47. The maximum Gasteiger partial charge on any atom is 0.256 e. The van der Waals surface area contributed by atoms with Crippen LogP contribution in [0.5, 0.6) is 0 Å². The molecule has 19 heavy (non-hydrogen) atoms. The lowest BCUT2D eigenvalue weighted by Crippen LogP contribution is -1.97. The van der Waals surface area contributed by atoms with Crippen molar-refractivity contribution in [3.05, 3.63) is 44.3 Å². The fraction of sp³-hybridized carbons (Fsp3) is 0. The van der Waals surface area contributed by atoms with E-state index in [4.69, 9.17) is 34.8 Å². The number of benzene rings is 1. The first kappa shape index (κ1) is 13.1. The van der Waals surface area contributed by atoms with Gasteiger partial charge in [0.2, 0.25) is 4.73 Å². The van der Waals surface area contributed by atoms with E-state index < -0.39 is 0 Å². The molecule has 0 atom stereocenters. The highest BCUT2D eigenvalue weighted by Gasteiger charge is 2.18. The van der Waals surface area contributed by atoms with E-state index in [2.05, 4.69) is 31.0 Å². The first-order valence-electron chi connectivity index (χ1n) is 5.10. The summed E-state index contributed by atoms with van der Waals surface area (Å²) in [7, 11) is 0. The average Bonchev–Trinajstić information content (AvgIpc) is 2.72. The van der Waals surface area contributed by atoms with Crippen molar-refractivity contribution in [3.63, 3.8) is 0 Å². The maximum atomic E-state index is 6.32. The first-order valence-corrected chi connectivity index (χ1v) is 7.03. The maximum absolute atomic E-state index is 6.32. The Morgan fingerprint density at radius 1 is 1.05 bits per heavy atom. The molecule has 0 aliphatic heterocycles. The van der Waals surface area contributed by atoms with Crippen molar-refractivity contribution < 1.29 is 0 Å². The van der Waals surface area contributed by atoms with Crippen molar-refractivity contribution >= 4 is 56.5 Å². The van der Waals surface area contributed by atoms with Gasteiger partial charge in [-0.2, -0.15) is 14.5 Å². The number of halogens is 4. The summed E-state index contributed by atoms with van der Waals surface area (Å²) >= 11 is 21.8. The summed E-state index contributed by atoms with van der Waals surface area (Å²) in [4.78, 5) is 8.20. The van der Waals surface area contributed by atoms with Gasteiger partial charge in [-0.1, -0.05) is 53.0 Å². The van der Waals surface area contributed by atoms with Crippen LogP contribution in [-0.4, -0.2) is 19.6 Å². The van der Waals surface area contributed by atoms with Gasteiger partial charge in [0.15, 0.2) is 0 Å². The number of hydrogen-bond donors (Lipinski definition) is 0. The fourth-order valence-electron chi connectivity index (χ4n) is 1.70. The second kappa shape index (κ2) is 4.90. The van der Waals surface area contributed by atoms with Crippen molar-refractivity contribution in [1.29, 1.82) is 0 Å². The molecule has 0 saturated heterocycles. The quantitative estimate of drug-likeness (QED) is 0.585. The van der Waals surface area contributed by atoms with E-state index in [9.17, 15) is 0 Å². The van der Waals surface area contributed by atoms with E-state index in [1.165, 1.54) is 4.52 Å². The minimum atomic E-state index is 0.227. The lowest BCUT2D eigenvalue weighted by molar-refractivity contribution is 0.930. The molecule has 0 N–H and O–H groups in total. The molecule has 0 bridgehead atoms. The molecule has 0 amide bonds. The third-order valence-corrected chi connectivity index (χ3v) is 3.79. The summed E-state index contributed by atoms with van der Waals surface area (Å²) in [6.45, 7) is 0. The molecular formula is C11H4BrCl3N4. The molecule has 2 heterocycles. The van der Waals surface area contributed by atoms with Crippen molar-refractivity contribution in [2.24, 2.45) is 0 Å². The van der Waals surface area contributed by atoms with Crippen LogP contribution in [0.2, 0.25) is 15.3 Å². The lowest BCUT2D eigenvalue weighted by Gasteiger charge is -2.08. The third kappa shape index (κ3) is 2.21. The molecule has 0 saturated carbocycles. The Hall–Kier alpha value is -0.880. The van der Waals surface area contributed by atoms with Crippen molar-refractivity contribution in [3.8, 4) is 11.1 Å². The van der Waals surface area contributed by atoms with Gasteiger partial charge in [-0.15, -0.1) is 5.10 Å². The van der Waals surface area contributed by atoms with Gasteiger partial charge in [0.25, 0.3) is 5.78 Å². The zero-order valence-electron chi connectivity index (χ0n) is 9.11. The summed E-state index contributed by atoms with van der Waals surface area (Å²) in [5.74, 6) is 0.317. The molecule has 1 aromatic carbocycles. The predicted octanol–water partition coefficient (Wildman–Crippen LogP) is 4.51. The molecule has 96 valence electrons. The van der Waals surface area contributed by atoms with Gasteiger partial charge in [0.05, 0.1) is 5.56 Å². The number of aromatic nitrogens is 4. The molecule has 0 unspecified atom stereocenters. The van der Waals surface area contributed by atoms with Gasteiger partial charge in [0, 0.05) is 10.6 Å². The van der Waals surface area contributed by atoms with Gasteiger partial charge < -0.3 is 0 Å². The minimum Gasteiger partial charge on any atom is -0.198 e. The standard InChI is InChI=1S/C11H4BrCl3N4/c12-10-17-11-16-8(14)7(9(15)19(11)18-10)5-3-1-2-4-6(5)13/h1-4H. The topological polar surface area (TPSA) is 43.1 Å². The Morgan fingerprint density at radius 2 is 1.79 bits per heavy atom. The summed E-state index contributed by atoms with van der Waals surface area (Å²) in [6.07, 6.45) is 0. The highest BCUT2D eigenvalue weighted by atomic mass is 79.9. The monoisotopic (exact) mass is 376 g/mol. The number of hydrogen-bond acceptors (Lipinski definition) is 3. The highest BCUT2D eigenvalue weighted by molar-refractivity contribution is 9.10. The molecule has 0 aliphatic carbocycles. The first-order chi connectivity index (χ1) is 9.08. The Morgan fingerprint density at radius 3 is 2.53 bits per heavy atom. The normalized spacial score (nSPS) is 11.2. The number of rotatable bonds is 1. The number of fused-ring (bicyclic) bond motifs is 1. The van der Waals surface area contributed by atoms with Crippen LogP contribution in [0.3, 0.4) is 0 Å². The second-order valence-electron chi connectivity index (χ2n) is 3.64. The van der Waals surface area contributed by atoms with Crippen LogP contribution < -0.4 is 0 Å². The largest absolute Gasteiger partial charge is 0.256 e. The molecule has 2 aromatic heterocycles. The molecule has 8 heteroatoms. The average molecular weight is 378 g/mol. The molecule has 0 aliphatic rings. The smallest absolute Gasteiger partial charge is 0.198 e. The van der Waals surface area contributed by atoms with Gasteiger partial charge in [-0.05, 0) is 22.0 Å². The Bertz CT molecular complexity index is 787. The third-order valence-electron chi connectivity index (χ3n) is 2.50. The van der Waals surface area contributed by atoms with Gasteiger partial charge >= 0.3 is 0 Å². The van der Waals surface area contributed by atoms with E-state index in [0.29, 0.717) is 31.8 Å². The van der Waals surface area contributed by atoms with Gasteiger partial charge in [0.1, 0.15) is 10.3 Å². The zero-order chi connectivity index (χ0) is 13.6. The van der Waals surface area contributed by atoms with E-state index in [1.54, 1.807) is 6.07 Å². The highest BCUT2D eigenvalue weighted by Crippen LogP contribution is 2.37. The Kier molecular flexibility index (Phi) is 3.39. The van der Waals surface area contributed by atoms with Crippen molar-refractivity contribution in [2.75, 3.05) is 0 Å². The van der Waals surface area contributed by atoms with Crippen LogP contribution in [0.15, 0.2) is 29.0 Å². The van der Waals surface area contributed by atoms with Crippen LogP contribution in [0, 0.1) is 0 Å². The van der Waals surface area contributed by atoms with Crippen LogP contribution in [-0.2, 0) is 0 Å². The Labute approximate surface area is 131 Å². The number of nitrogens with zero attached hydrogens (tertiary/aromatic N) is 4. The van der Waals surface area contributed by atoms with Crippen LogP contribution in [0.4, 0.5) is 0 Å². The van der Waals surface area contributed by atoms with Crippen LogP contribution >= 0.6 is 50.7 Å². The summed E-state index contributed by atoms with van der Waals surface area (Å²) in [5.41, 5.74) is 1.22. The zero-order valence-corrected chi connectivity index (χ0v) is 13.0. The SMILES string of the molecule is Clc1ccccc1-c1c(Cl)nc2nc(Br)nn2c1Cl. The van der Waals surface area contributed by atoms with Gasteiger partial charge in [-0.3, -0.25) is 0 Å². The summed E-state index contributed by atoms with van der Waals surface area (Å²) in [5, 5.41) is 5.16. The summed E-state index contributed by atoms with van der Waals surface area (Å²) in [6, 6.07) is 7.24. The van der Waals surface area contributed by atoms with Crippen molar-refractivity contribution in [1.82, 2.24) is 19.6 Å². The van der Waals surface area contributed by atoms with E-state index in [-0.39, 0.29) is 5.15 Å². The molecular weight excluding hydrogens is 374 g/mol. The molecule has 0 spiro atoms. The molecule has 0 fully saturated rings. The molecule has 4 nitrogen and oxygen atoms in total. The molecule has 3 aromatic rings. The van der Waals surface area contributed by atoms with Crippen molar-refractivity contribution in [2.45, 2.75) is 0 Å². The van der Waals surface area contributed by atoms with E-state index in [1.807, 2.05) is 18.2 Å². The summed E-state index contributed by atoms with van der Waals surface area (Å²) < 4.78 is 1.78. The van der Waals surface area contributed by atoms with E-state index in [0.717, 1.165) is 0 Å². The van der Waals surface area contributed by atoms with Crippen LogP contribution in [0.25, 0.3) is 16.9 Å². The fourth-order valence-corrected chi connectivity index (χ4v) is 2.87. The lowest BCUT2D eigenvalue weighted by atomic mass is 10.1. The predicted molar refractivity (Wildman–Crippen MR) is 78.9 cm³/mol. The molecule has 0 radical (unpaired) electrons. The minimum absolute atomic E-state index is 0.227. The Balaban J connectivity index is 2.38. The van der Waals surface area contributed by atoms with Gasteiger partial charge in [-0.25, -0.2) is 0 Å². The van der Waals surface area contributed by atoms with E-state index >= 15 is 0 Å². The molecule has 3 rings (SSSR count). The van der Waals surface area contributed by atoms with Crippen LogP contribution in [0.1, 0.15) is 0 Å².